The Morgan fingerprint density at radius 1 is 1.59 bits per heavy atom. The topological polar surface area (TPSA) is 36.4 Å². The fourth-order valence-electron chi connectivity index (χ4n) is 1.77. The summed E-state index contributed by atoms with van der Waals surface area (Å²) in [6.07, 6.45) is 2.30. The number of nitrogens with one attached hydrogen (secondary N) is 2. The Balaban J connectivity index is 0.00000144. The maximum absolute atomic E-state index is 4.40. The number of guanidine groups is 1. The molecule has 2 heterocycles. The summed E-state index contributed by atoms with van der Waals surface area (Å²) in [7, 11) is 0. The summed E-state index contributed by atoms with van der Waals surface area (Å²) in [5.41, 5.74) is 0. The summed E-state index contributed by atoms with van der Waals surface area (Å²) in [5, 5.41) is 8.79. The smallest absolute Gasteiger partial charge is 0.191 e. The highest BCUT2D eigenvalue weighted by Crippen LogP contribution is 2.13. The molecule has 0 aromatic carbocycles. The highest BCUT2D eigenvalue weighted by atomic mass is 127. The van der Waals surface area contributed by atoms with Crippen LogP contribution in [0.25, 0.3) is 0 Å². The van der Waals surface area contributed by atoms with Gasteiger partial charge in [0, 0.05) is 24.5 Å². The molecule has 2 N–H and O–H groups in total. The maximum atomic E-state index is 4.40. The molecule has 0 fully saturated rings. The van der Waals surface area contributed by atoms with Crippen LogP contribution < -0.4 is 10.6 Å². The minimum Gasteiger partial charge on any atom is -0.356 e. The fraction of sp³-hybridized carbons (Fsp3) is 0.583. The normalized spacial score (nSPS) is 16.4. The Morgan fingerprint density at radius 3 is 3.12 bits per heavy atom. The maximum Gasteiger partial charge on any atom is 0.191 e. The lowest BCUT2D eigenvalue weighted by Crippen LogP contribution is -2.42. The second-order valence-electron chi connectivity index (χ2n) is 4.28. The van der Waals surface area contributed by atoms with Crippen molar-refractivity contribution >= 4 is 41.3 Å². The number of halogens is 1. The summed E-state index contributed by atoms with van der Waals surface area (Å²) in [5.74, 6) is 1.62. The standard InChI is InChI=1S/C12H19N3S.HI/c1-10(8-11-4-2-7-16-11)9-15-12-13-5-3-6-14-12;/h2,4,7,10H,3,5-6,8-9H2,1H3,(H2,13,14,15);1H. The highest BCUT2D eigenvalue weighted by Gasteiger charge is 2.07. The van der Waals surface area contributed by atoms with Crippen molar-refractivity contribution in [1.29, 1.82) is 0 Å². The Morgan fingerprint density at radius 2 is 2.47 bits per heavy atom. The molecule has 2 rings (SSSR count). The van der Waals surface area contributed by atoms with Crippen molar-refractivity contribution in [2.24, 2.45) is 10.9 Å². The van der Waals surface area contributed by atoms with Gasteiger partial charge in [-0.1, -0.05) is 13.0 Å². The van der Waals surface area contributed by atoms with Crippen LogP contribution in [0, 0.1) is 5.92 Å². The number of aliphatic imine (C=N–C) groups is 1. The third kappa shape index (κ3) is 5.25. The Kier molecular flexibility index (Phi) is 6.87. The molecule has 0 amide bonds. The lowest BCUT2D eigenvalue weighted by Gasteiger charge is -2.18. The molecule has 5 heteroatoms. The summed E-state index contributed by atoms with van der Waals surface area (Å²) in [6, 6.07) is 4.32. The van der Waals surface area contributed by atoms with Gasteiger partial charge in [-0.3, -0.25) is 4.99 Å². The molecule has 1 aromatic rings. The summed E-state index contributed by atoms with van der Waals surface area (Å²) >= 11 is 1.84. The molecule has 3 nitrogen and oxygen atoms in total. The van der Waals surface area contributed by atoms with E-state index in [1.54, 1.807) is 0 Å². The van der Waals surface area contributed by atoms with Gasteiger partial charge in [0.25, 0.3) is 0 Å². The van der Waals surface area contributed by atoms with Crippen molar-refractivity contribution in [3.05, 3.63) is 22.4 Å². The van der Waals surface area contributed by atoms with Gasteiger partial charge >= 0.3 is 0 Å². The molecule has 96 valence electrons. The molecular formula is C12H20IN3S. The molecule has 1 aliphatic heterocycles. The third-order valence-corrected chi connectivity index (χ3v) is 3.54. The summed E-state index contributed by atoms with van der Waals surface area (Å²) in [6.45, 7) is 5.26. The monoisotopic (exact) mass is 365 g/mol. The van der Waals surface area contributed by atoms with E-state index in [-0.39, 0.29) is 24.0 Å². The molecule has 1 unspecified atom stereocenters. The molecule has 1 atom stereocenters. The first kappa shape index (κ1) is 14.8. The van der Waals surface area contributed by atoms with E-state index in [1.165, 1.54) is 4.88 Å². The largest absolute Gasteiger partial charge is 0.356 e. The van der Waals surface area contributed by atoms with Gasteiger partial charge in [-0.05, 0) is 30.2 Å². The highest BCUT2D eigenvalue weighted by molar-refractivity contribution is 14.0. The van der Waals surface area contributed by atoms with E-state index < -0.39 is 0 Å². The van der Waals surface area contributed by atoms with Gasteiger partial charge in [0.15, 0.2) is 5.96 Å². The number of thiophene rings is 1. The lowest BCUT2D eigenvalue weighted by atomic mass is 10.1. The van der Waals surface area contributed by atoms with Gasteiger partial charge in [-0.15, -0.1) is 35.3 Å². The number of rotatable bonds is 4. The molecular weight excluding hydrogens is 345 g/mol. The van der Waals surface area contributed by atoms with Crippen LogP contribution in [0.5, 0.6) is 0 Å². The third-order valence-electron chi connectivity index (χ3n) is 2.64. The molecule has 1 aliphatic rings. The first-order valence-electron chi connectivity index (χ1n) is 5.89. The Labute approximate surface area is 124 Å². The van der Waals surface area contributed by atoms with Gasteiger partial charge in [-0.25, -0.2) is 0 Å². The minimum absolute atomic E-state index is 0. The second-order valence-corrected chi connectivity index (χ2v) is 5.31. The van der Waals surface area contributed by atoms with E-state index in [0.717, 1.165) is 38.4 Å². The summed E-state index contributed by atoms with van der Waals surface area (Å²) in [4.78, 5) is 5.86. The first-order valence-corrected chi connectivity index (χ1v) is 6.77. The summed E-state index contributed by atoms with van der Waals surface area (Å²) < 4.78 is 0. The van der Waals surface area contributed by atoms with E-state index >= 15 is 0 Å². The van der Waals surface area contributed by atoms with E-state index in [4.69, 9.17) is 0 Å². The predicted molar refractivity (Wildman–Crippen MR) is 85.5 cm³/mol. The van der Waals surface area contributed by atoms with Crippen LogP contribution in [0.3, 0.4) is 0 Å². The van der Waals surface area contributed by atoms with Gasteiger partial charge < -0.3 is 10.6 Å². The molecule has 0 bridgehead atoms. The van der Waals surface area contributed by atoms with Crippen LogP contribution in [-0.2, 0) is 6.42 Å². The van der Waals surface area contributed by atoms with Crippen molar-refractivity contribution in [1.82, 2.24) is 10.6 Å². The van der Waals surface area contributed by atoms with Crippen molar-refractivity contribution in [3.8, 4) is 0 Å². The van der Waals surface area contributed by atoms with Crippen LogP contribution >= 0.6 is 35.3 Å². The van der Waals surface area contributed by atoms with Gasteiger partial charge in [0.05, 0.1) is 0 Å². The zero-order chi connectivity index (χ0) is 11.2. The Hall–Kier alpha value is -0.300. The van der Waals surface area contributed by atoms with Crippen molar-refractivity contribution in [2.75, 3.05) is 19.6 Å². The molecule has 0 saturated heterocycles. The fourth-order valence-corrected chi connectivity index (χ4v) is 2.64. The Bertz CT molecular complexity index is 338. The van der Waals surface area contributed by atoms with Crippen LogP contribution in [0.4, 0.5) is 0 Å². The van der Waals surface area contributed by atoms with Crippen LogP contribution in [-0.4, -0.2) is 25.6 Å². The lowest BCUT2D eigenvalue weighted by molar-refractivity contribution is 0.557. The average molecular weight is 365 g/mol. The van der Waals surface area contributed by atoms with Gasteiger partial charge in [-0.2, -0.15) is 0 Å². The van der Waals surface area contributed by atoms with Gasteiger partial charge in [0.2, 0.25) is 0 Å². The molecule has 0 spiro atoms. The molecule has 17 heavy (non-hydrogen) atoms. The molecule has 0 saturated carbocycles. The van der Waals surface area contributed by atoms with Gasteiger partial charge in [0.1, 0.15) is 0 Å². The van der Waals surface area contributed by atoms with Crippen molar-refractivity contribution in [3.63, 3.8) is 0 Å². The number of hydrogen-bond donors (Lipinski definition) is 2. The van der Waals surface area contributed by atoms with Crippen molar-refractivity contribution < 1.29 is 0 Å². The minimum atomic E-state index is 0. The number of hydrogen-bond acceptors (Lipinski definition) is 4. The molecule has 1 aromatic heterocycles. The second kappa shape index (κ2) is 7.92. The molecule has 0 aliphatic carbocycles. The van der Waals surface area contributed by atoms with E-state index in [0.29, 0.717) is 5.92 Å². The van der Waals surface area contributed by atoms with E-state index in [9.17, 15) is 0 Å². The molecule has 0 radical (unpaired) electrons. The van der Waals surface area contributed by atoms with Crippen LogP contribution in [0.2, 0.25) is 0 Å². The van der Waals surface area contributed by atoms with E-state index in [2.05, 4.69) is 40.1 Å². The van der Waals surface area contributed by atoms with Crippen LogP contribution in [0.15, 0.2) is 22.5 Å². The number of nitrogens with zero attached hydrogens (tertiary/aromatic N) is 1. The quantitative estimate of drug-likeness (QED) is 0.805. The average Bonchev–Trinajstić information content (AvgIpc) is 2.81. The van der Waals surface area contributed by atoms with Crippen LogP contribution in [0.1, 0.15) is 18.2 Å². The predicted octanol–water partition coefficient (Wildman–Crippen LogP) is 2.48. The van der Waals surface area contributed by atoms with E-state index in [1.807, 2.05) is 11.3 Å². The zero-order valence-corrected chi connectivity index (χ0v) is 13.3. The first-order chi connectivity index (χ1) is 7.84. The van der Waals surface area contributed by atoms with Crippen molar-refractivity contribution in [2.45, 2.75) is 19.8 Å². The zero-order valence-electron chi connectivity index (χ0n) is 10.1. The SMILES string of the molecule is CC(CNC1=NCCCN1)Cc1cccs1.I.